The van der Waals surface area contributed by atoms with Crippen molar-refractivity contribution in [1.82, 2.24) is 19.7 Å². The SMILES string of the molecule is COc1cc(-c2c(-c3ccc(F)cc3)nn3c2CN(CC=O)CC3)ccn1. The second-order valence-corrected chi connectivity index (χ2v) is 6.39. The first-order valence-electron chi connectivity index (χ1n) is 8.71. The molecule has 7 heteroatoms. The lowest BCUT2D eigenvalue weighted by molar-refractivity contribution is -0.109. The van der Waals surface area contributed by atoms with Crippen LogP contribution in [0.4, 0.5) is 4.39 Å². The summed E-state index contributed by atoms with van der Waals surface area (Å²) in [5, 5.41) is 4.80. The molecule has 138 valence electrons. The van der Waals surface area contributed by atoms with Crippen molar-refractivity contribution in [1.29, 1.82) is 0 Å². The summed E-state index contributed by atoms with van der Waals surface area (Å²) in [6.45, 7) is 2.46. The van der Waals surface area contributed by atoms with Gasteiger partial charge in [-0.25, -0.2) is 9.37 Å². The quantitative estimate of drug-likeness (QED) is 0.650. The second-order valence-electron chi connectivity index (χ2n) is 6.39. The minimum absolute atomic E-state index is 0.285. The summed E-state index contributed by atoms with van der Waals surface area (Å²) in [7, 11) is 1.58. The summed E-state index contributed by atoms with van der Waals surface area (Å²) >= 11 is 0. The van der Waals surface area contributed by atoms with E-state index in [0.717, 1.165) is 40.9 Å². The van der Waals surface area contributed by atoms with Gasteiger partial charge >= 0.3 is 0 Å². The fourth-order valence-corrected chi connectivity index (χ4v) is 3.42. The number of pyridine rings is 1. The van der Waals surface area contributed by atoms with Gasteiger partial charge in [-0.1, -0.05) is 0 Å². The van der Waals surface area contributed by atoms with Gasteiger partial charge in [0.15, 0.2) is 0 Å². The van der Waals surface area contributed by atoms with Gasteiger partial charge in [-0.2, -0.15) is 5.10 Å². The maximum absolute atomic E-state index is 13.4. The molecular formula is C20H19FN4O2. The van der Waals surface area contributed by atoms with E-state index in [1.807, 2.05) is 16.8 Å². The van der Waals surface area contributed by atoms with Crippen LogP contribution in [0, 0.1) is 5.82 Å². The molecule has 0 aliphatic carbocycles. The number of carbonyl (C=O) groups excluding carboxylic acids is 1. The third kappa shape index (κ3) is 3.33. The van der Waals surface area contributed by atoms with Crippen LogP contribution in [0.2, 0.25) is 0 Å². The molecule has 27 heavy (non-hydrogen) atoms. The molecule has 3 heterocycles. The Bertz CT molecular complexity index is 969. The van der Waals surface area contributed by atoms with Gasteiger partial charge in [0.05, 0.1) is 25.9 Å². The summed E-state index contributed by atoms with van der Waals surface area (Å²) < 4.78 is 20.6. The maximum atomic E-state index is 13.4. The van der Waals surface area contributed by atoms with Crippen LogP contribution in [0.15, 0.2) is 42.6 Å². The van der Waals surface area contributed by atoms with E-state index in [1.54, 1.807) is 25.4 Å². The lowest BCUT2D eigenvalue weighted by Crippen LogP contribution is -2.35. The molecule has 4 rings (SSSR count). The van der Waals surface area contributed by atoms with Crippen LogP contribution in [0.3, 0.4) is 0 Å². The molecule has 1 aromatic carbocycles. The molecule has 0 bridgehead atoms. The number of fused-ring (bicyclic) bond motifs is 1. The lowest BCUT2D eigenvalue weighted by atomic mass is 9.99. The van der Waals surface area contributed by atoms with Crippen molar-refractivity contribution < 1.29 is 13.9 Å². The highest BCUT2D eigenvalue weighted by atomic mass is 19.1. The van der Waals surface area contributed by atoms with Crippen molar-refractivity contribution in [2.24, 2.45) is 0 Å². The molecule has 1 aliphatic heterocycles. The zero-order chi connectivity index (χ0) is 18.8. The number of aldehydes is 1. The van der Waals surface area contributed by atoms with Gasteiger partial charge in [0.1, 0.15) is 17.8 Å². The van der Waals surface area contributed by atoms with Gasteiger partial charge in [-0.15, -0.1) is 0 Å². The molecule has 2 aromatic heterocycles. The Morgan fingerprint density at radius 2 is 2.00 bits per heavy atom. The standard InChI is InChI=1S/C20H19FN4O2/c1-27-18-12-15(6-7-22-18)19-17-13-24(10-11-26)8-9-25(17)23-20(19)14-2-4-16(21)5-3-14/h2-7,11-12H,8-10,13H2,1H3. The van der Waals surface area contributed by atoms with Crippen molar-refractivity contribution >= 4 is 6.29 Å². The highest BCUT2D eigenvalue weighted by molar-refractivity contribution is 5.83. The fourth-order valence-electron chi connectivity index (χ4n) is 3.42. The summed E-state index contributed by atoms with van der Waals surface area (Å²) in [5.74, 6) is 0.227. The van der Waals surface area contributed by atoms with Crippen LogP contribution >= 0.6 is 0 Å². The fraction of sp³-hybridized carbons (Fsp3) is 0.250. The first-order valence-corrected chi connectivity index (χ1v) is 8.71. The van der Waals surface area contributed by atoms with E-state index in [-0.39, 0.29) is 5.82 Å². The minimum Gasteiger partial charge on any atom is -0.481 e. The van der Waals surface area contributed by atoms with E-state index in [0.29, 0.717) is 25.5 Å². The summed E-state index contributed by atoms with van der Waals surface area (Å²) in [6.07, 6.45) is 2.61. The van der Waals surface area contributed by atoms with Crippen molar-refractivity contribution in [2.75, 3.05) is 20.2 Å². The highest BCUT2D eigenvalue weighted by Crippen LogP contribution is 2.37. The molecule has 0 saturated carbocycles. The Labute approximate surface area is 156 Å². The molecule has 0 N–H and O–H groups in total. The van der Waals surface area contributed by atoms with Crippen LogP contribution in [0.25, 0.3) is 22.4 Å². The van der Waals surface area contributed by atoms with Crippen LogP contribution in [0.1, 0.15) is 5.69 Å². The van der Waals surface area contributed by atoms with Gasteiger partial charge in [-0.05, 0) is 35.9 Å². The second kappa shape index (κ2) is 7.28. The van der Waals surface area contributed by atoms with E-state index in [4.69, 9.17) is 9.84 Å². The van der Waals surface area contributed by atoms with Crippen molar-refractivity contribution in [3.05, 3.63) is 54.1 Å². The molecule has 0 fully saturated rings. The largest absolute Gasteiger partial charge is 0.481 e. The van der Waals surface area contributed by atoms with E-state index in [1.165, 1.54) is 12.1 Å². The van der Waals surface area contributed by atoms with Crippen LogP contribution in [-0.4, -0.2) is 46.1 Å². The number of nitrogens with zero attached hydrogens (tertiary/aromatic N) is 4. The summed E-state index contributed by atoms with van der Waals surface area (Å²) in [4.78, 5) is 17.2. The number of carbonyl (C=O) groups is 1. The molecule has 0 unspecified atom stereocenters. The first-order chi connectivity index (χ1) is 13.2. The molecule has 0 radical (unpaired) electrons. The Balaban J connectivity index is 1.88. The average Bonchev–Trinajstić information content (AvgIpc) is 3.07. The van der Waals surface area contributed by atoms with Crippen LogP contribution in [-0.2, 0) is 17.9 Å². The number of halogens is 1. The third-order valence-corrected chi connectivity index (χ3v) is 4.74. The smallest absolute Gasteiger partial charge is 0.213 e. The van der Waals surface area contributed by atoms with Gasteiger partial charge in [0.25, 0.3) is 0 Å². The molecule has 6 nitrogen and oxygen atoms in total. The number of methoxy groups -OCH3 is 1. The summed E-state index contributed by atoms with van der Waals surface area (Å²) in [6, 6.07) is 10.1. The Morgan fingerprint density at radius 1 is 1.19 bits per heavy atom. The van der Waals surface area contributed by atoms with E-state index in [2.05, 4.69) is 9.88 Å². The first kappa shape index (κ1) is 17.4. The molecule has 0 amide bonds. The number of hydrogen-bond acceptors (Lipinski definition) is 5. The Morgan fingerprint density at radius 3 is 2.74 bits per heavy atom. The Hall–Kier alpha value is -3.06. The molecule has 0 atom stereocenters. The lowest BCUT2D eigenvalue weighted by Gasteiger charge is -2.26. The van der Waals surface area contributed by atoms with Gasteiger partial charge in [-0.3, -0.25) is 9.58 Å². The van der Waals surface area contributed by atoms with E-state index >= 15 is 0 Å². The summed E-state index contributed by atoms with van der Waals surface area (Å²) in [5.41, 5.74) is 4.53. The predicted octanol–water partition coefficient (Wildman–Crippen LogP) is 2.77. The monoisotopic (exact) mass is 366 g/mol. The van der Waals surface area contributed by atoms with Crippen molar-refractivity contribution in [3.63, 3.8) is 0 Å². The number of aromatic nitrogens is 3. The van der Waals surface area contributed by atoms with Gasteiger partial charge < -0.3 is 9.53 Å². The number of hydrogen-bond donors (Lipinski definition) is 0. The Kier molecular flexibility index (Phi) is 4.68. The highest BCUT2D eigenvalue weighted by Gasteiger charge is 2.26. The van der Waals surface area contributed by atoms with Crippen LogP contribution in [0.5, 0.6) is 5.88 Å². The zero-order valence-electron chi connectivity index (χ0n) is 14.9. The normalized spacial score (nSPS) is 14.0. The van der Waals surface area contributed by atoms with E-state index in [9.17, 15) is 9.18 Å². The number of ether oxygens (including phenoxy) is 1. The van der Waals surface area contributed by atoms with Gasteiger partial charge in [0, 0.05) is 36.5 Å². The zero-order valence-corrected chi connectivity index (χ0v) is 14.9. The molecule has 0 saturated heterocycles. The van der Waals surface area contributed by atoms with E-state index < -0.39 is 0 Å². The molecule has 1 aliphatic rings. The third-order valence-electron chi connectivity index (χ3n) is 4.74. The molecule has 0 spiro atoms. The number of rotatable bonds is 5. The topological polar surface area (TPSA) is 60.2 Å². The number of benzene rings is 1. The average molecular weight is 366 g/mol. The van der Waals surface area contributed by atoms with Crippen LogP contribution < -0.4 is 4.74 Å². The predicted molar refractivity (Wildman–Crippen MR) is 98.7 cm³/mol. The van der Waals surface area contributed by atoms with Crippen molar-refractivity contribution in [2.45, 2.75) is 13.1 Å². The minimum atomic E-state index is -0.285. The molecule has 3 aromatic rings. The van der Waals surface area contributed by atoms with Gasteiger partial charge in [0.2, 0.25) is 5.88 Å². The molecular weight excluding hydrogens is 347 g/mol. The van der Waals surface area contributed by atoms with Crippen molar-refractivity contribution in [3.8, 4) is 28.3 Å². The maximum Gasteiger partial charge on any atom is 0.213 e.